The summed E-state index contributed by atoms with van der Waals surface area (Å²) >= 11 is 0. The average molecular weight is 1780 g/mol. The smallest absolute Gasteiger partial charge is 0.0594 e. The molecule has 0 aliphatic heterocycles. The van der Waals surface area contributed by atoms with Crippen molar-refractivity contribution in [3.63, 3.8) is 0 Å². The Kier molecular flexibility index (Phi) is 99.4. The van der Waals surface area contributed by atoms with Crippen LogP contribution >= 0.6 is 0 Å². The van der Waals surface area contributed by atoms with Crippen LogP contribution in [0.1, 0.15) is 423 Å². The Morgan fingerprint density at radius 1 is 0.144 bits per heavy atom. The maximum Gasteiger partial charge on any atom is 0.0594 e. The highest BCUT2D eigenvalue weighted by Crippen LogP contribution is 2.22. The van der Waals surface area contributed by atoms with Crippen molar-refractivity contribution in [2.24, 2.45) is 136 Å². The highest BCUT2D eigenvalue weighted by Gasteiger charge is 2.23. The fourth-order valence-electron chi connectivity index (χ4n) is 15.1. The zero-order chi connectivity index (χ0) is 94.6. The van der Waals surface area contributed by atoms with Crippen molar-refractivity contribution in [2.75, 3.05) is 190 Å². The lowest BCUT2D eigenvalue weighted by atomic mass is 9.94. The summed E-state index contributed by atoms with van der Waals surface area (Å²) in [4.78, 5) is 26.9. The topological polar surface area (TPSA) is 41.6 Å². The van der Waals surface area contributed by atoms with E-state index in [0.717, 1.165) is 169 Å². The van der Waals surface area contributed by atoms with Crippen LogP contribution in [0, 0.1) is 136 Å². The summed E-state index contributed by atoms with van der Waals surface area (Å²) in [5.41, 5.74) is 0. The first kappa shape index (κ1) is 140. The van der Waals surface area contributed by atoms with Crippen molar-refractivity contribution in [1.29, 1.82) is 0 Å². The molecule has 125 heavy (non-hydrogen) atoms. The minimum absolute atomic E-state index is 0. The molecule has 0 aliphatic carbocycles. The van der Waals surface area contributed by atoms with Crippen LogP contribution in [0.25, 0.3) is 0 Å². The molecule has 0 rings (SSSR count). The standard InChI is InChI=1S/C25H54N2.C24H52N2O.C24H52N2.C21H46N2.C17H38N2.3CH4/c1-22(2)13-9-17-26(18-10-14-23(3)4)21-27(19-11-15-24(5)6)20-12-16-25(7)8;1-21(2)9-13-25(14-10-22(3)4)17-19-27-20-18-26(15-11-23(5)6)16-12-24(7)8;1-18(2)14-25(15-22(9)19(3)4)12-13-26(16-23(10)20(5)6)17-24(11)21(7)8;1-18(2)9-13-22(14-10-19(3)4)17-23(15-11-20(5)6)16-12-21(7)8;1-14(2)9-18(10-15(3)4)13-19(11-16(5)6)12-17(7)8;;;/h22-25H,9-21H2,1-8H3;21-24H,9-20H2,1-8H3;18-24H,12-17H2,1-11H3;18-21H,9-17H2,1-8H3;14-17H,9-13H2,1-8H3;3*1H4. The van der Waals surface area contributed by atoms with Gasteiger partial charge in [0.15, 0.2) is 0 Å². The molecule has 0 heterocycles. The zero-order valence-electron chi connectivity index (χ0n) is 93.0. The maximum absolute atomic E-state index is 6.04. The van der Waals surface area contributed by atoms with E-state index >= 15 is 0 Å². The van der Waals surface area contributed by atoms with E-state index in [2.05, 4.69) is 347 Å². The first-order valence-electron chi connectivity index (χ1n) is 53.6. The van der Waals surface area contributed by atoms with Gasteiger partial charge in [0.2, 0.25) is 0 Å². The number of hydrogen-bond acceptors (Lipinski definition) is 11. The van der Waals surface area contributed by atoms with E-state index in [0.29, 0.717) is 0 Å². The summed E-state index contributed by atoms with van der Waals surface area (Å²) in [6, 6.07) is 0. The number of nitrogens with zero attached hydrogens (tertiary/aromatic N) is 10. The van der Waals surface area contributed by atoms with Crippen molar-refractivity contribution in [1.82, 2.24) is 49.0 Å². The van der Waals surface area contributed by atoms with Crippen LogP contribution in [0.2, 0.25) is 0 Å². The Morgan fingerprint density at radius 3 is 0.480 bits per heavy atom. The lowest BCUT2D eigenvalue weighted by molar-refractivity contribution is 0.0782. The minimum Gasteiger partial charge on any atom is -0.379 e. The molecule has 11 nitrogen and oxygen atoms in total. The van der Waals surface area contributed by atoms with Crippen LogP contribution in [-0.2, 0) is 4.74 Å². The van der Waals surface area contributed by atoms with Crippen molar-refractivity contribution < 1.29 is 4.74 Å². The zero-order valence-corrected chi connectivity index (χ0v) is 93.0. The molecule has 0 fully saturated rings. The second-order valence-electron chi connectivity index (χ2n) is 48.0. The van der Waals surface area contributed by atoms with Gasteiger partial charge in [-0.2, -0.15) is 0 Å². The van der Waals surface area contributed by atoms with Gasteiger partial charge in [-0.15, -0.1) is 0 Å². The summed E-state index contributed by atoms with van der Waals surface area (Å²) in [6.45, 7) is 135. The third kappa shape index (κ3) is 104. The van der Waals surface area contributed by atoms with Gasteiger partial charge >= 0.3 is 0 Å². The molecule has 0 aromatic rings. The lowest BCUT2D eigenvalue weighted by Crippen LogP contribution is -2.44. The van der Waals surface area contributed by atoms with Crippen LogP contribution in [0.4, 0.5) is 0 Å². The van der Waals surface area contributed by atoms with E-state index in [1.54, 1.807) is 0 Å². The van der Waals surface area contributed by atoms with Gasteiger partial charge in [-0.3, -0.25) is 29.4 Å². The largest absolute Gasteiger partial charge is 0.379 e. The summed E-state index contributed by atoms with van der Waals surface area (Å²) in [5, 5.41) is 0. The molecule has 3 unspecified atom stereocenters. The minimum atomic E-state index is 0. The molecule has 766 valence electrons. The summed E-state index contributed by atoms with van der Waals surface area (Å²) in [6.07, 6.45) is 21.3. The number of rotatable bonds is 74. The van der Waals surface area contributed by atoms with E-state index in [1.807, 2.05) is 0 Å². The Labute approximate surface area is 798 Å². The molecule has 0 N–H and O–H groups in total. The number of ether oxygens (including phenoxy) is 1. The monoisotopic (exact) mass is 1780 g/mol. The van der Waals surface area contributed by atoms with E-state index in [4.69, 9.17) is 4.74 Å². The molecular weight excluding hydrogens is 1530 g/mol. The Hall–Kier alpha value is -0.440. The van der Waals surface area contributed by atoms with Crippen LogP contribution < -0.4 is 0 Å². The van der Waals surface area contributed by atoms with Crippen molar-refractivity contribution >= 4 is 0 Å². The van der Waals surface area contributed by atoms with Gasteiger partial charge in [-0.05, 0) is 317 Å². The fraction of sp³-hybridized carbons (Fsp3) is 1.00. The molecule has 0 saturated heterocycles. The Bertz CT molecular complexity index is 1880. The molecule has 0 saturated carbocycles. The summed E-state index contributed by atoms with van der Waals surface area (Å²) in [5.74, 6) is 18.0. The molecule has 3 atom stereocenters. The first-order chi connectivity index (χ1) is 56.7. The first-order valence-corrected chi connectivity index (χ1v) is 53.6. The molecule has 0 aromatic heterocycles. The highest BCUT2D eigenvalue weighted by molar-refractivity contribution is 4.76. The van der Waals surface area contributed by atoms with Gasteiger partial charge in [0, 0.05) is 78.5 Å². The summed E-state index contributed by atoms with van der Waals surface area (Å²) < 4.78 is 6.04. The SMILES string of the molecule is C.C.C.CC(C)CCCN(CCCC(C)C)CN(CCCC(C)C)CCCC(C)C.CC(C)CCN(CCC(C)C)CN(CCC(C)C)CCC(C)C.CC(C)CCN(CCOCCN(CCC(C)C)CCC(C)C)CCC(C)C.CC(C)CN(CC(C)C)CN(CC(C)C)CC(C)C.CC(C)CN(CCN(CC(C)C(C)C)CC(C)C(C)C)CC(C)C(C)C. The van der Waals surface area contributed by atoms with E-state index in [-0.39, 0.29) is 22.3 Å². The molecule has 0 radical (unpaired) electrons. The second kappa shape index (κ2) is 88.8. The van der Waals surface area contributed by atoms with E-state index < -0.39 is 0 Å². The average Bonchev–Trinajstić information content (AvgIpc) is 1.02. The van der Waals surface area contributed by atoms with Crippen molar-refractivity contribution in [2.45, 2.75) is 423 Å². The fourth-order valence-corrected chi connectivity index (χ4v) is 15.1. The van der Waals surface area contributed by atoms with Crippen LogP contribution in [0.3, 0.4) is 0 Å². The predicted octanol–water partition coefficient (Wildman–Crippen LogP) is 31.0. The van der Waals surface area contributed by atoms with Crippen LogP contribution in [-0.4, -0.2) is 239 Å². The van der Waals surface area contributed by atoms with E-state index in [1.165, 1.54) is 260 Å². The van der Waals surface area contributed by atoms with Gasteiger partial charge in [0.25, 0.3) is 0 Å². The van der Waals surface area contributed by atoms with Crippen LogP contribution in [0.15, 0.2) is 0 Å². The molecule has 0 aliphatic rings. The third-order valence-electron chi connectivity index (χ3n) is 24.4. The second-order valence-corrected chi connectivity index (χ2v) is 48.0. The number of hydrogen-bond donors (Lipinski definition) is 0. The van der Waals surface area contributed by atoms with Crippen molar-refractivity contribution in [3.05, 3.63) is 0 Å². The van der Waals surface area contributed by atoms with Gasteiger partial charge in [0.1, 0.15) is 0 Å². The quantitative estimate of drug-likeness (QED) is 0.0432. The maximum atomic E-state index is 6.04. The lowest BCUT2D eigenvalue weighted by Gasteiger charge is -2.34. The molecular formula is C114H254N10O. The van der Waals surface area contributed by atoms with Crippen LogP contribution in [0.5, 0.6) is 0 Å². The van der Waals surface area contributed by atoms with Gasteiger partial charge in [-0.1, -0.05) is 320 Å². The normalized spacial score (nSPS) is 13.2. The Balaban J connectivity index is -0.000000228. The molecule has 0 amide bonds. The highest BCUT2D eigenvalue weighted by atomic mass is 16.5. The summed E-state index contributed by atoms with van der Waals surface area (Å²) in [7, 11) is 0. The van der Waals surface area contributed by atoms with Gasteiger partial charge in [0.05, 0.1) is 33.2 Å². The van der Waals surface area contributed by atoms with Gasteiger partial charge < -0.3 is 24.3 Å². The van der Waals surface area contributed by atoms with E-state index in [9.17, 15) is 0 Å². The molecule has 11 heteroatoms. The molecule has 0 spiro atoms. The molecule has 0 bridgehead atoms. The van der Waals surface area contributed by atoms with Crippen molar-refractivity contribution in [3.8, 4) is 0 Å². The molecule has 0 aromatic carbocycles. The third-order valence-corrected chi connectivity index (χ3v) is 24.4. The van der Waals surface area contributed by atoms with Gasteiger partial charge in [-0.25, -0.2) is 0 Å². The Morgan fingerprint density at radius 2 is 0.304 bits per heavy atom. The predicted molar refractivity (Wildman–Crippen MR) is 579 cm³/mol.